The molecule has 1 fully saturated rings. The molecule has 2 aromatic carbocycles. The van der Waals surface area contributed by atoms with E-state index in [4.69, 9.17) is 18.9 Å². The number of likely N-dealkylation sites (tertiary alicyclic amines) is 1. The fourth-order valence-corrected chi connectivity index (χ4v) is 3.86. The fraction of sp³-hybridized carbons (Fsp3) is 0.400. The quantitative estimate of drug-likeness (QED) is 0.627. The van der Waals surface area contributed by atoms with Crippen molar-refractivity contribution in [3.8, 4) is 11.5 Å². The van der Waals surface area contributed by atoms with Gasteiger partial charge in [-0.15, -0.1) is 0 Å². The highest BCUT2D eigenvalue weighted by atomic mass is 16.6. The van der Waals surface area contributed by atoms with Crippen LogP contribution in [0.2, 0.25) is 0 Å². The molecule has 0 aromatic heterocycles. The van der Waals surface area contributed by atoms with Crippen molar-refractivity contribution in [1.29, 1.82) is 0 Å². The van der Waals surface area contributed by atoms with Crippen LogP contribution in [0.4, 0.5) is 4.79 Å². The average molecular weight is 424 g/mol. The first-order valence-corrected chi connectivity index (χ1v) is 10.8. The van der Waals surface area contributed by atoms with E-state index in [0.29, 0.717) is 5.75 Å². The molecule has 0 spiro atoms. The number of amides is 1. The molecule has 0 bridgehead atoms. The molecule has 2 heterocycles. The summed E-state index contributed by atoms with van der Waals surface area (Å²) in [5, 5.41) is 0. The van der Waals surface area contributed by atoms with Crippen LogP contribution in [0.1, 0.15) is 30.9 Å². The van der Waals surface area contributed by atoms with Crippen molar-refractivity contribution in [2.45, 2.75) is 37.6 Å². The maximum atomic E-state index is 12.5. The molecule has 0 unspecified atom stereocenters. The van der Waals surface area contributed by atoms with Crippen molar-refractivity contribution >= 4 is 6.09 Å². The predicted molar refractivity (Wildman–Crippen MR) is 117 cm³/mol. The number of carbonyl (C=O) groups is 1. The predicted octanol–water partition coefficient (Wildman–Crippen LogP) is 4.76. The Labute approximate surface area is 183 Å². The van der Waals surface area contributed by atoms with Crippen LogP contribution in [-0.2, 0) is 9.47 Å². The second kappa shape index (κ2) is 10.4. The molecule has 6 nitrogen and oxygen atoms in total. The Balaban J connectivity index is 1.45. The zero-order valence-corrected chi connectivity index (χ0v) is 17.8. The molecule has 164 valence electrons. The summed E-state index contributed by atoms with van der Waals surface area (Å²) in [5.74, 6) is 1.46. The Morgan fingerprint density at radius 2 is 1.68 bits per heavy atom. The van der Waals surface area contributed by atoms with Crippen LogP contribution in [0.25, 0.3) is 0 Å². The van der Waals surface area contributed by atoms with Crippen molar-refractivity contribution in [3.05, 3.63) is 72.3 Å². The maximum Gasteiger partial charge on any atom is 0.409 e. The van der Waals surface area contributed by atoms with Gasteiger partial charge in [0.1, 0.15) is 36.4 Å². The summed E-state index contributed by atoms with van der Waals surface area (Å²) in [6.45, 7) is 1.63. The third kappa shape index (κ3) is 5.58. The Kier molecular flexibility index (Phi) is 7.10. The summed E-state index contributed by atoms with van der Waals surface area (Å²) < 4.78 is 23.3. The number of hydrogen-bond acceptors (Lipinski definition) is 5. The minimum Gasteiger partial charge on any atom is -0.497 e. The van der Waals surface area contributed by atoms with Crippen LogP contribution in [0, 0.1) is 0 Å². The molecule has 31 heavy (non-hydrogen) atoms. The van der Waals surface area contributed by atoms with Crippen LogP contribution >= 0.6 is 0 Å². The van der Waals surface area contributed by atoms with Gasteiger partial charge in [0.15, 0.2) is 0 Å². The van der Waals surface area contributed by atoms with E-state index in [2.05, 4.69) is 0 Å². The molecule has 1 saturated heterocycles. The Bertz CT molecular complexity index is 861. The molecule has 6 heteroatoms. The number of methoxy groups -OCH3 is 1. The summed E-state index contributed by atoms with van der Waals surface area (Å²) >= 11 is 0. The summed E-state index contributed by atoms with van der Waals surface area (Å²) in [4.78, 5) is 14.3. The van der Waals surface area contributed by atoms with Gasteiger partial charge in [0, 0.05) is 13.1 Å². The summed E-state index contributed by atoms with van der Waals surface area (Å²) in [6, 6.07) is 17.4. The highest BCUT2D eigenvalue weighted by Gasteiger charge is 2.31. The first-order chi connectivity index (χ1) is 15.2. The Hall–Kier alpha value is -2.99. The van der Waals surface area contributed by atoms with Crippen molar-refractivity contribution in [1.82, 2.24) is 4.90 Å². The monoisotopic (exact) mass is 423 g/mol. The zero-order valence-electron chi connectivity index (χ0n) is 17.8. The molecule has 0 N–H and O–H groups in total. The molecule has 0 radical (unpaired) electrons. The number of ether oxygens (including phenoxy) is 4. The molecule has 2 aromatic rings. The zero-order chi connectivity index (χ0) is 21.5. The first-order valence-electron chi connectivity index (χ1n) is 10.8. The van der Waals surface area contributed by atoms with Gasteiger partial charge < -0.3 is 23.8 Å². The molecule has 0 saturated carbocycles. The smallest absolute Gasteiger partial charge is 0.409 e. The van der Waals surface area contributed by atoms with Crippen LogP contribution in [0.15, 0.2) is 66.7 Å². The lowest BCUT2D eigenvalue weighted by molar-refractivity contribution is -0.0783. The van der Waals surface area contributed by atoms with Gasteiger partial charge >= 0.3 is 6.09 Å². The second-order valence-electron chi connectivity index (χ2n) is 7.77. The van der Waals surface area contributed by atoms with Gasteiger partial charge in [0.25, 0.3) is 0 Å². The van der Waals surface area contributed by atoms with E-state index in [1.807, 2.05) is 66.7 Å². The summed E-state index contributed by atoms with van der Waals surface area (Å²) in [7, 11) is 1.63. The topological polar surface area (TPSA) is 57.2 Å². The van der Waals surface area contributed by atoms with Gasteiger partial charge in [0.05, 0.1) is 7.11 Å². The Morgan fingerprint density at radius 3 is 2.39 bits per heavy atom. The van der Waals surface area contributed by atoms with E-state index in [9.17, 15) is 4.79 Å². The molecule has 3 atom stereocenters. The molecule has 2 aliphatic heterocycles. The van der Waals surface area contributed by atoms with Crippen LogP contribution in [0.5, 0.6) is 11.5 Å². The standard InChI is InChI=1S/C25H29NO5/c1-28-20-10-12-21(13-11-20)30-23-15-14-22(19-8-4-2-5-9-19)31-24(23)18-29-25(27)26-16-6-3-7-17-26/h2,4-5,8-15,22-24H,3,6-7,16-18H2,1H3/t22-,23-,24+/m0/s1. The molecular formula is C25H29NO5. The van der Waals surface area contributed by atoms with Crippen molar-refractivity contribution in [2.24, 2.45) is 0 Å². The lowest BCUT2D eigenvalue weighted by Gasteiger charge is -2.33. The van der Waals surface area contributed by atoms with E-state index in [0.717, 1.165) is 43.7 Å². The van der Waals surface area contributed by atoms with Gasteiger partial charge in [-0.25, -0.2) is 4.79 Å². The number of carbonyl (C=O) groups excluding carboxylic acids is 1. The van der Waals surface area contributed by atoms with Crippen molar-refractivity contribution in [2.75, 3.05) is 26.8 Å². The normalized spacial score (nSPS) is 23.3. The minimum atomic E-state index is -0.425. The summed E-state index contributed by atoms with van der Waals surface area (Å²) in [5.41, 5.74) is 1.05. The van der Waals surface area contributed by atoms with Crippen LogP contribution in [0.3, 0.4) is 0 Å². The van der Waals surface area contributed by atoms with Crippen LogP contribution in [-0.4, -0.2) is 50.0 Å². The van der Waals surface area contributed by atoms with Crippen molar-refractivity contribution in [3.63, 3.8) is 0 Å². The fourth-order valence-electron chi connectivity index (χ4n) is 3.86. The SMILES string of the molecule is COc1ccc(O[C@H]2C=C[C@@H](c3ccccc3)O[C@@H]2COC(=O)N2CCCCC2)cc1. The number of piperidine rings is 1. The van der Waals surface area contributed by atoms with Gasteiger partial charge in [-0.2, -0.15) is 0 Å². The molecular weight excluding hydrogens is 394 g/mol. The van der Waals surface area contributed by atoms with E-state index in [1.54, 1.807) is 12.0 Å². The maximum absolute atomic E-state index is 12.5. The molecule has 4 rings (SSSR count). The van der Waals surface area contributed by atoms with Crippen molar-refractivity contribution < 1.29 is 23.7 Å². The van der Waals surface area contributed by atoms with Gasteiger partial charge in [0.2, 0.25) is 0 Å². The lowest BCUT2D eigenvalue weighted by Crippen LogP contribution is -2.43. The minimum absolute atomic E-state index is 0.129. The summed E-state index contributed by atoms with van der Waals surface area (Å²) in [6.07, 6.45) is 5.91. The number of hydrogen-bond donors (Lipinski definition) is 0. The number of rotatable bonds is 6. The largest absolute Gasteiger partial charge is 0.497 e. The number of nitrogens with zero attached hydrogens (tertiary/aromatic N) is 1. The highest BCUT2D eigenvalue weighted by Crippen LogP contribution is 2.29. The molecule has 2 aliphatic rings. The lowest BCUT2D eigenvalue weighted by atomic mass is 10.0. The number of benzene rings is 2. The van der Waals surface area contributed by atoms with Gasteiger partial charge in [-0.05, 0) is 55.2 Å². The van der Waals surface area contributed by atoms with E-state index < -0.39 is 6.10 Å². The third-order valence-electron chi connectivity index (χ3n) is 5.61. The van der Waals surface area contributed by atoms with Gasteiger partial charge in [-0.1, -0.05) is 36.4 Å². The molecule has 1 amide bonds. The third-order valence-corrected chi connectivity index (χ3v) is 5.61. The van der Waals surface area contributed by atoms with Crippen LogP contribution < -0.4 is 9.47 Å². The average Bonchev–Trinajstić information content (AvgIpc) is 2.84. The molecule has 0 aliphatic carbocycles. The second-order valence-corrected chi connectivity index (χ2v) is 7.77. The van der Waals surface area contributed by atoms with E-state index >= 15 is 0 Å². The van der Waals surface area contributed by atoms with Gasteiger partial charge in [-0.3, -0.25) is 0 Å². The highest BCUT2D eigenvalue weighted by molar-refractivity contribution is 5.67. The first kappa shape index (κ1) is 21.2. The Morgan fingerprint density at radius 1 is 0.968 bits per heavy atom. The van der Waals surface area contributed by atoms with E-state index in [-0.39, 0.29) is 24.9 Å². The van der Waals surface area contributed by atoms with E-state index in [1.165, 1.54) is 0 Å².